The fraction of sp³-hybridized carbons (Fsp3) is 0.421. The molecule has 0 fully saturated rings. The minimum absolute atomic E-state index is 0.102. The summed E-state index contributed by atoms with van der Waals surface area (Å²) in [7, 11) is 0.820. The maximum absolute atomic E-state index is 12.8. The van der Waals surface area contributed by atoms with Gasteiger partial charge in [-0.15, -0.1) is 11.3 Å². The summed E-state index contributed by atoms with van der Waals surface area (Å²) >= 11 is 1.52. The summed E-state index contributed by atoms with van der Waals surface area (Å²) in [6, 6.07) is 6.42. The molecule has 8 heteroatoms. The number of carbonyl (C=O) groups excluding carboxylic acids is 1. The van der Waals surface area contributed by atoms with Gasteiger partial charge >= 0.3 is 0 Å². The van der Waals surface area contributed by atoms with E-state index in [9.17, 15) is 13.2 Å². The van der Waals surface area contributed by atoms with Crippen LogP contribution in [0.15, 0.2) is 29.2 Å². The van der Waals surface area contributed by atoms with Crippen LogP contribution in [0.2, 0.25) is 0 Å². The zero-order valence-electron chi connectivity index (χ0n) is 15.7. The van der Waals surface area contributed by atoms with Crippen molar-refractivity contribution in [2.45, 2.75) is 37.0 Å². The van der Waals surface area contributed by atoms with Gasteiger partial charge in [0, 0.05) is 19.0 Å². The minimum Gasteiger partial charge on any atom is -0.495 e. The molecule has 1 aliphatic rings. The van der Waals surface area contributed by atoms with Gasteiger partial charge in [-0.2, -0.15) is 0 Å². The van der Waals surface area contributed by atoms with Crippen LogP contribution in [0.25, 0.3) is 0 Å². The first-order chi connectivity index (χ1) is 12.8. The summed E-state index contributed by atoms with van der Waals surface area (Å²) in [5.74, 6) is 0.171. The van der Waals surface area contributed by atoms with E-state index < -0.39 is 10.0 Å². The summed E-state index contributed by atoms with van der Waals surface area (Å²) in [5, 5.41) is 2.82. The van der Waals surface area contributed by atoms with Crippen molar-refractivity contribution in [3.05, 3.63) is 39.6 Å². The maximum atomic E-state index is 12.8. The molecule has 0 unspecified atom stereocenters. The zero-order chi connectivity index (χ0) is 19.6. The molecule has 1 aromatic carbocycles. The molecule has 1 aromatic heterocycles. The third-order valence-electron chi connectivity index (χ3n) is 4.67. The van der Waals surface area contributed by atoms with E-state index in [-0.39, 0.29) is 10.8 Å². The second kappa shape index (κ2) is 8.00. The van der Waals surface area contributed by atoms with Crippen LogP contribution < -0.4 is 10.1 Å². The van der Waals surface area contributed by atoms with Crippen molar-refractivity contribution in [3.63, 3.8) is 0 Å². The van der Waals surface area contributed by atoms with E-state index in [1.165, 1.54) is 61.5 Å². The lowest BCUT2D eigenvalue weighted by Gasteiger charge is -2.15. The van der Waals surface area contributed by atoms with Gasteiger partial charge in [-0.3, -0.25) is 4.79 Å². The number of thiophene rings is 1. The van der Waals surface area contributed by atoms with Crippen LogP contribution in [0.1, 0.15) is 39.4 Å². The molecule has 0 bridgehead atoms. The molecule has 0 saturated carbocycles. The van der Waals surface area contributed by atoms with Crippen LogP contribution in [0, 0.1) is 0 Å². The smallest absolute Gasteiger partial charge is 0.265 e. The Morgan fingerprint density at radius 3 is 2.59 bits per heavy atom. The Kier molecular flexibility index (Phi) is 5.88. The van der Waals surface area contributed by atoms with Crippen LogP contribution >= 0.6 is 11.3 Å². The van der Waals surface area contributed by atoms with Crippen molar-refractivity contribution in [1.82, 2.24) is 4.31 Å². The number of methoxy groups -OCH3 is 1. The van der Waals surface area contributed by atoms with Crippen molar-refractivity contribution in [2.75, 3.05) is 26.5 Å². The van der Waals surface area contributed by atoms with E-state index >= 15 is 0 Å². The fourth-order valence-corrected chi connectivity index (χ4v) is 5.20. The Balaban J connectivity index is 1.89. The van der Waals surface area contributed by atoms with Crippen LogP contribution in [0.5, 0.6) is 5.75 Å². The number of amides is 1. The number of nitrogens with one attached hydrogen (secondary N) is 1. The second-order valence-corrected chi connectivity index (χ2v) is 10.0. The number of nitrogens with zero attached hydrogens (tertiary/aromatic N) is 1. The molecule has 1 heterocycles. The van der Waals surface area contributed by atoms with E-state index in [2.05, 4.69) is 5.32 Å². The highest BCUT2D eigenvalue weighted by Gasteiger charge is 2.21. The average Bonchev–Trinajstić information content (AvgIpc) is 2.92. The number of benzene rings is 1. The number of carbonyl (C=O) groups is 1. The number of anilines is 1. The Hall–Kier alpha value is -1.90. The van der Waals surface area contributed by atoms with Crippen LogP contribution in [-0.4, -0.2) is 39.8 Å². The SMILES string of the molecule is COc1ccc(S(=O)(=O)N(C)C)cc1NC(=O)c1cc2c(s1)CCCCC2. The van der Waals surface area contributed by atoms with Crippen molar-refractivity contribution >= 4 is 33.0 Å². The molecule has 6 nitrogen and oxygen atoms in total. The largest absolute Gasteiger partial charge is 0.495 e. The van der Waals surface area contributed by atoms with E-state index in [0.717, 1.165) is 30.0 Å². The summed E-state index contributed by atoms with van der Waals surface area (Å²) in [6.45, 7) is 0. The first-order valence-electron chi connectivity index (χ1n) is 8.86. The molecular weight excluding hydrogens is 384 g/mol. The number of hydrogen-bond donors (Lipinski definition) is 1. The van der Waals surface area contributed by atoms with E-state index in [4.69, 9.17) is 4.74 Å². The lowest BCUT2D eigenvalue weighted by Crippen LogP contribution is -2.22. The quantitative estimate of drug-likeness (QED) is 0.768. The molecule has 0 aliphatic heterocycles. The maximum Gasteiger partial charge on any atom is 0.265 e. The molecule has 1 amide bonds. The molecule has 1 N–H and O–H groups in total. The lowest BCUT2D eigenvalue weighted by molar-refractivity contribution is 0.103. The van der Waals surface area contributed by atoms with Gasteiger partial charge in [0.15, 0.2) is 0 Å². The third kappa shape index (κ3) is 4.17. The lowest BCUT2D eigenvalue weighted by atomic mass is 10.1. The predicted octanol–water partition coefficient (Wildman–Crippen LogP) is 3.53. The van der Waals surface area contributed by atoms with Crippen LogP contribution in [0.3, 0.4) is 0 Å². The predicted molar refractivity (Wildman–Crippen MR) is 107 cm³/mol. The van der Waals surface area contributed by atoms with Gasteiger partial charge in [0.05, 0.1) is 22.6 Å². The summed E-state index contributed by atoms with van der Waals surface area (Å²) in [6.07, 6.45) is 5.58. The summed E-state index contributed by atoms with van der Waals surface area (Å²) in [4.78, 5) is 14.8. The highest BCUT2D eigenvalue weighted by Crippen LogP contribution is 2.32. The van der Waals surface area contributed by atoms with Crippen LogP contribution in [-0.2, 0) is 22.9 Å². The van der Waals surface area contributed by atoms with Gasteiger partial charge in [-0.1, -0.05) is 6.42 Å². The highest BCUT2D eigenvalue weighted by atomic mass is 32.2. The van der Waals surface area contributed by atoms with Crippen molar-refractivity contribution in [3.8, 4) is 5.75 Å². The van der Waals surface area contributed by atoms with Crippen molar-refractivity contribution < 1.29 is 17.9 Å². The van der Waals surface area contributed by atoms with Gasteiger partial charge in [-0.25, -0.2) is 12.7 Å². The van der Waals surface area contributed by atoms with E-state index in [1.807, 2.05) is 6.07 Å². The number of hydrogen-bond acceptors (Lipinski definition) is 5. The van der Waals surface area contributed by atoms with E-state index in [0.29, 0.717) is 16.3 Å². The first kappa shape index (κ1) is 19.9. The molecule has 3 rings (SSSR count). The van der Waals surface area contributed by atoms with Crippen molar-refractivity contribution in [2.24, 2.45) is 0 Å². The number of fused-ring (bicyclic) bond motifs is 1. The Bertz CT molecular complexity index is 925. The summed E-state index contributed by atoms with van der Waals surface area (Å²) < 4.78 is 31.2. The Labute approximate surface area is 164 Å². The molecule has 2 aromatic rings. The average molecular weight is 409 g/mol. The number of sulfonamides is 1. The first-order valence-corrected chi connectivity index (χ1v) is 11.1. The molecule has 146 valence electrons. The molecule has 0 spiro atoms. The second-order valence-electron chi connectivity index (χ2n) is 6.72. The third-order valence-corrected chi connectivity index (χ3v) is 7.72. The normalized spacial score (nSPS) is 14.5. The number of rotatable bonds is 5. The van der Waals surface area contributed by atoms with Gasteiger partial charge in [0.1, 0.15) is 5.75 Å². The number of aryl methyl sites for hydroxylation is 2. The molecule has 0 radical (unpaired) electrons. The van der Waals surface area contributed by atoms with Crippen molar-refractivity contribution in [1.29, 1.82) is 0 Å². The molecule has 0 saturated heterocycles. The van der Waals surface area contributed by atoms with E-state index in [1.54, 1.807) is 6.07 Å². The van der Waals surface area contributed by atoms with Gasteiger partial charge in [-0.05, 0) is 55.5 Å². The summed E-state index contributed by atoms with van der Waals surface area (Å²) in [5.41, 5.74) is 1.60. The topological polar surface area (TPSA) is 75.7 Å². The molecular formula is C19H24N2O4S2. The van der Waals surface area contributed by atoms with Crippen LogP contribution in [0.4, 0.5) is 5.69 Å². The van der Waals surface area contributed by atoms with Gasteiger partial charge in [0.2, 0.25) is 10.0 Å². The molecule has 1 aliphatic carbocycles. The fourth-order valence-electron chi connectivity index (χ4n) is 3.12. The monoisotopic (exact) mass is 408 g/mol. The highest BCUT2D eigenvalue weighted by molar-refractivity contribution is 7.89. The molecule has 27 heavy (non-hydrogen) atoms. The number of ether oxygens (including phenoxy) is 1. The minimum atomic E-state index is -3.60. The van der Waals surface area contributed by atoms with Gasteiger partial charge < -0.3 is 10.1 Å². The Morgan fingerprint density at radius 2 is 1.89 bits per heavy atom. The Morgan fingerprint density at radius 1 is 1.15 bits per heavy atom. The zero-order valence-corrected chi connectivity index (χ0v) is 17.4. The standard InChI is InChI=1S/C19H24N2O4S2/c1-21(2)27(23,24)14-9-10-16(25-3)15(12-14)20-19(22)18-11-13-7-5-4-6-8-17(13)26-18/h9-12H,4-8H2,1-3H3,(H,20,22). The van der Waals surface area contributed by atoms with Gasteiger partial charge in [0.25, 0.3) is 5.91 Å². The molecule has 0 atom stereocenters.